The van der Waals surface area contributed by atoms with Crippen LogP contribution < -0.4 is 5.32 Å². The zero-order valence-electron chi connectivity index (χ0n) is 16.0. The van der Waals surface area contributed by atoms with Gasteiger partial charge in [0.2, 0.25) is 5.95 Å². The number of hydrogen-bond acceptors (Lipinski definition) is 4. The van der Waals surface area contributed by atoms with Crippen LogP contribution in [-0.4, -0.2) is 33.4 Å². The van der Waals surface area contributed by atoms with Crippen LogP contribution in [0.4, 0.5) is 11.6 Å². The Morgan fingerprint density at radius 2 is 2.12 bits per heavy atom. The second kappa shape index (κ2) is 8.30. The molecule has 1 atom stereocenters. The Balaban J connectivity index is 1.84. The Bertz CT molecular complexity index is 774. The van der Waals surface area contributed by atoms with Crippen molar-refractivity contribution in [2.75, 3.05) is 11.9 Å². The fourth-order valence-electron chi connectivity index (χ4n) is 3.69. The number of piperidine rings is 1. The Morgan fingerprint density at radius 1 is 1.27 bits per heavy atom. The number of benzene rings is 1. The third-order valence-corrected chi connectivity index (χ3v) is 5.21. The smallest absolute Gasteiger partial charge is 0.272 e. The maximum Gasteiger partial charge on any atom is 0.272 e. The van der Waals surface area contributed by atoms with E-state index in [1.165, 1.54) is 12.0 Å². The first-order valence-electron chi connectivity index (χ1n) is 9.63. The average molecular weight is 352 g/mol. The lowest BCUT2D eigenvalue weighted by Gasteiger charge is -2.35. The maximum atomic E-state index is 13.0. The summed E-state index contributed by atoms with van der Waals surface area (Å²) in [6, 6.07) is 8.26. The number of amides is 1. The van der Waals surface area contributed by atoms with E-state index in [2.05, 4.69) is 54.3 Å². The molecule has 1 N–H and O–H groups in total. The number of aromatic nitrogens is 2. The summed E-state index contributed by atoms with van der Waals surface area (Å²) in [5.41, 5.74) is 3.86. The van der Waals surface area contributed by atoms with Gasteiger partial charge in [-0.3, -0.25) is 4.79 Å². The van der Waals surface area contributed by atoms with Crippen LogP contribution in [-0.2, 0) is 6.42 Å². The van der Waals surface area contributed by atoms with E-state index < -0.39 is 0 Å². The standard InChI is InChI=1S/C21H28N4O/c1-4-16-10-8-9-15(3)19(16)24-21-22-13-12-18(23-21)20(26)25-14-7-6-11-17(25)5-2/h8-10,12-13,17H,4-7,11,14H2,1-3H3,(H,22,23,24). The molecule has 0 spiro atoms. The first kappa shape index (κ1) is 18.4. The Labute approximate surface area is 155 Å². The van der Waals surface area contributed by atoms with Crippen molar-refractivity contribution in [2.45, 2.75) is 58.9 Å². The van der Waals surface area contributed by atoms with E-state index in [0.717, 1.165) is 43.5 Å². The summed E-state index contributed by atoms with van der Waals surface area (Å²) in [7, 11) is 0. The SMILES string of the molecule is CCc1cccc(C)c1Nc1nccc(C(=O)N2CCCCC2CC)n1. The predicted octanol–water partition coefficient (Wildman–Crippen LogP) is 4.50. The molecule has 1 amide bonds. The summed E-state index contributed by atoms with van der Waals surface area (Å²) in [5.74, 6) is 0.493. The van der Waals surface area contributed by atoms with Gasteiger partial charge in [-0.1, -0.05) is 32.0 Å². The van der Waals surface area contributed by atoms with E-state index in [4.69, 9.17) is 0 Å². The number of likely N-dealkylation sites (tertiary alicyclic amines) is 1. The number of carbonyl (C=O) groups is 1. The monoisotopic (exact) mass is 352 g/mol. The van der Waals surface area contributed by atoms with E-state index in [1.807, 2.05) is 4.90 Å². The van der Waals surface area contributed by atoms with E-state index in [-0.39, 0.29) is 5.91 Å². The Morgan fingerprint density at radius 3 is 2.88 bits per heavy atom. The third kappa shape index (κ3) is 3.87. The normalized spacial score (nSPS) is 17.2. The van der Waals surface area contributed by atoms with Gasteiger partial charge in [0.05, 0.1) is 0 Å². The zero-order valence-corrected chi connectivity index (χ0v) is 16.0. The molecule has 1 aliphatic heterocycles. The van der Waals surface area contributed by atoms with Crippen molar-refractivity contribution in [3.8, 4) is 0 Å². The van der Waals surface area contributed by atoms with Gasteiger partial charge >= 0.3 is 0 Å². The first-order chi connectivity index (χ1) is 12.6. The van der Waals surface area contributed by atoms with Crippen LogP contribution in [0.2, 0.25) is 0 Å². The number of nitrogens with one attached hydrogen (secondary N) is 1. The number of hydrogen-bond donors (Lipinski definition) is 1. The van der Waals surface area contributed by atoms with Crippen molar-refractivity contribution >= 4 is 17.5 Å². The minimum Gasteiger partial charge on any atom is -0.334 e. The molecule has 0 bridgehead atoms. The number of aryl methyl sites for hydroxylation is 2. The van der Waals surface area contributed by atoms with Gasteiger partial charge in [0.1, 0.15) is 5.69 Å². The second-order valence-electron chi connectivity index (χ2n) is 6.91. The zero-order chi connectivity index (χ0) is 18.5. The maximum absolute atomic E-state index is 13.0. The minimum atomic E-state index is 0.0162. The molecule has 1 aromatic carbocycles. The van der Waals surface area contributed by atoms with Gasteiger partial charge in [-0.15, -0.1) is 0 Å². The summed E-state index contributed by atoms with van der Waals surface area (Å²) in [5, 5.41) is 3.32. The quantitative estimate of drug-likeness (QED) is 0.861. The molecule has 1 saturated heterocycles. The topological polar surface area (TPSA) is 58.1 Å². The molecule has 5 heteroatoms. The largest absolute Gasteiger partial charge is 0.334 e. The molecule has 138 valence electrons. The first-order valence-corrected chi connectivity index (χ1v) is 9.63. The number of carbonyl (C=O) groups excluding carboxylic acids is 1. The van der Waals surface area contributed by atoms with E-state index in [0.29, 0.717) is 17.7 Å². The van der Waals surface area contributed by atoms with Gasteiger partial charge in [-0.2, -0.15) is 0 Å². The van der Waals surface area contributed by atoms with Crippen molar-refractivity contribution in [3.63, 3.8) is 0 Å². The lowest BCUT2D eigenvalue weighted by Crippen LogP contribution is -2.43. The van der Waals surface area contributed by atoms with Crippen LogP contribution in [0.3, 0.4) is 0 Å². The minimum absolute atomic E-state index is 0.0162. The highest BCUT2D eigenvalue weighted by Gasteiger charge is 2.27. The predicted molar refractivity (Wildman–Crippen MR) is 105 cm³/mol. The molecule has 2 aromatic rings. The average Bonchev–Trinajstić information content (AvgIpc) is 2.69. The lowest BCUT2D eigenvalue weighted by molar-refractivity contribution is 0.0602. The van der Waals surface area contributed by atoms with Crippen molar-refractivity contribution in [1.29, 1.82) is 0 Å². The highest BCUT2D eigenvalue weighted by Crippen LogP contribution is 2.25. The van der Waals surface area contributed by atoms with Gasteiger partial charge in [0, 0.05) is 24.5 Å². The Kier molecular flexibility index (Phi) is 5.86. The van der Waals surface area contributed by atoms with Crippen molar-refractivity contribution < 1.29 is 4.79 Å². The number of nitrogens with zero attached hydrogens (tertiary/aromatic N) is 3. The van der Waals surface area contributed by atoms with E-state index in [9.17, 15) is 4.79 Å². The fourth-order valence-corrected chi connectivity index (χ4v) is 3.69. The molecule has 26 heavy (non-hydrogen) atoms. The highest BCUT2D eigenvalue weighted by molar-refractivity contribution is 5.92. The molecule has 5 nitrogen and oxygen atoms in total. The van der Waals surface area contributed by atoms with Crippen LogP contribution in [0.5, 0.6) is 0 Å². The highest BCUT2D eigenvalue weighted by atomic mass is 16.2. The summed E-state index contributed by atoms with van der Waals surface area (Å²) >= 11 is 0. The summed E-state index contributed by atoms with van der Waals surface area (Å²) in [6.45, 7) is 7.16. The van der Waals surface area contributed by atoms with Crippen molar-refractivity contribution in [3.05, 3.63) is 47.3 Å². The van der Waals surface area contributed by atoms with Gasteiger partial charge in [0.25, 0.3) is 5.91 Å². The molecule has 0 saturated carbocycles. The van der Waals surface area contributed by atoms with Crippen molar-refractivity contribution in [2.24, 2.45) is 0 Å². The molecule has 1 aromatic heterocycles. The van der Waals surface area contributed by atoms with Crippen LogP contribution >= 0.6 is 0 Å². The number of para-hydroxylation sites is 1. The molecule has 0 radical (unpaired) electrons. The molecular formula is C21H28N4O. The van der Waals surface area contributed by atoms with Gasteiger partial charge in [-0.05, 0) is 56.2 Å². The molecule has 0 aliphatic carbocycles. The lowest BCUT2D eigenvalue weighted by atomic mass is 9.99. The number of rotatable bonds is 5. The van der Waals surface area contributed by atoms with Crippen LogP contribution in [0.1, 0.15) is 61.1 Å². The molecular weight excluding hydrogens is 324 g/mol. The molecule has 1 aliphatic rings. The Hall–Kier alpha value is -2.43. The van der Waals surface area contributed by atoms with Gasteiger partial charge in [0.15, 0.2) is 0 Å². The van der Waals surface area contributed by atoms with Gasteiger partial charge in [-0.25, -0.2) is 9.97 Å². The summed E-state index contributed by atoms with van der Waals surface area (Å²) in [6.07, 6.45) is 6.94. The van der Waals surface area contributed by atoms with Crippen molar-refractivity contribution in [1.82, 2.24) is 14.9 Å². The molecule has 3 rings (SSSR count). The van der Waals surface area contributed by atoms with Crippen LogP contribution in [0, 0.1) is 6.92 Å². The second-order valence-corrected chi connectivity index (χ2v) is 6.91. The molecule has 1 fully saturated rings. The van der Waals surface area contributed by atoms with Crippen LogP contribution in [0.25, 0.3) is 0 Å². The van der Waals surface area contributed by atoms with E-state index in [1.54, 1.807) is 12.3 Å². The third-order valence-electron chi connectivity index (χ3n) is 5.21. The van der Waals surface area contributed by atoms with Gasteiger partial charge < -0.3 is 10.2 Å². The van der Waals surface area contributed by atoms with Crippen LogP contribution in [0.15, 0.2) is 30.5 Å². The summed E-state index contributed by atoms with van der Waals surface area (Å²) in [4.78, 5) is 23.8. The summed E-state index contributed by atoms with van der Waals surface area (Å²) < 4.78 is 0. The molecule has 2 heterocycles. The van der Waals surface area contributed by atoms with E-state index >= 15 is 0 Å². The fraction of sp³-hybridized carbons (Fsp3) is 0.476. The number of anilines is 2. The molecule has 1 unspecified atom stereocenters.